The molecule has 0 aliphatic heterocycles. The fourth-order valence-electron chi connectivity index (χ4n) is 0.216. The molecule has 0 saturated heterocycles. The van der Waals surface area contributed by atoms with Crippen LogP contribution in [-0.2, 0) is 0 Å². The summed E-state index contributed by atoms with van der Waals surface area (Å²) < 4.78 is 55.4. The molecule has 0 aromatic carbocycles. The van der Waals surface area contributed by atoms with Gasteiger partial charge in [0.15, 0.2) is 0 Å². The van der Waals surface area contributed by atoms with Gasteiger partial charge in [0.05, 0.1) is 6.08 Å². The average Bonchev–Trinajstić information content (AvgIpc) is 1.62. The smallest absolute Gasteiger partial charge is 0.243 e. The van der Waals surface area contributed by atoms with Crippen LogP contribution in [0.3, 0.4) is 0 Å². The van der Waals surface area contributed by atoms with Gasteiger partial charge in [-0.05, 0) is 0 Å². The topological polar surface area (TPSA) is 0 Å². The molecule has 0 spiro atoms. The van der Waals surface area contributed by atoms with Crippen LogP contribution in [0, 0.1) is 0 Å². The fraction of sp³-hybridized carbons (Fsp3) is 0.500. The lowest BCUT2D eigenvalue weighted by atomic mass is 10.5. The first-order chi connectivity index (χ1) is 3.95. The summed E-state index contributed by atoms with van der Waals surface area (Å²) in [5, 5.41) is 0. The molecule has 0 heterocycles. The summed E-state index contributed by atoms with van der Waals surface area (Å²) in [5.41, 5.74) is 0. The molecule has 0 atom stereocenters. The zero-order valence-electron chi connectivity index (χ0n) is 4.17. The first kappa shape index (κ1) is 8.39. The molecule has 0 N–H and O–H groups in total. The standard InChI is InChI=1S/C4H3F5/c5-2-3(6)1-4(7,8)9/h1H,2H2. The maximum atomic E-state index is 11.4. The average molecular weight is 146 g/mol. The summed E-state index contributed by atoms with van der Waals surface area (Å²) in [4.78, 5) is 0. The number of alkyl halides is 4. The van der Waals surface area contributed by atoms with Gasteiger partial charge in [-0.2, -0.15) is 13.2 Å². The summed E-state index contributed by atoms with van der Waals surface area (Å²) in [5.74, 6) is -1.80. The fourth-order valence-corrected chi connectivity index (χ4v) is 0.216. The van der Waals surface area contributed by atoms with E-state index in [1.165, 1.54) is 0 Å². The SMILES string of the molecule is FCC(F)=CC(F)(F)F. The quantitative estimate of drug-likeness (QED) is 0.498. The molecule has 0 aromatic rings. The third-order valence-electron chi connectivity index (χ3n) is 0.448. The van der Waals surface area contributed by atoms with E-state index in [2.05, 4.69) is 0 Å². The van der Waals surface area contributed by atoms with Crippen LogP contribution in [-0.4, -0.2) is 12.9 Å². The van der Waals surface area contributed by atoms with Crippen LogP contribution in [0.4, 0.5) is 22.0 Å². The molecule has 0 aliphatic rings. The summed E-state index contributed by atoms with van der Waals surface area (Å²) in [7, 11) is 0. The lowest BCUT2D eigenvalue weighted by Gasteiger charge is -1.96. The molecular formula is C4H3F5. The summed E-state index contributed by atoms with van der Waals surface area (Å²) in [6, 6.07) is 0. The van der Waals surface area contributed by atoms with Crippen molar-refractivity contribution in [3.05, 3.63) is 11.9 Å². The van der Waals surface area contributed by atoms with Crippen LogP contribution in [0.1, 0.15) is 0 Å². The highest BCUT2D eigenvalue weighted by Gasteiger charge is 2.24. The third-order valence-corrected chi connectivity index (χ3v) is 0.448. The van der Waals surface area contributed by atoms with Gasteiger partial charge < -0.3 is 0 Å². The Balaban J connectivity index is 3.95. The second-order valence-electron chi connectivity index (χ2n) is 1.27. The highest BCUT2D eigenvalue weighted by molar-refractivity contribution is 4.96. The Morgan fingerprint density at radius 3 is 1.89 bits per heavy atom. The van der Waals surface area contributed by atoms with E-state index < -0.39 is 24.8 Å². The van der Waals surface area contributed by atoms with Gasteiger partial charge in [0.2, 0.25) is 0 Å². The molecule has 0 amide bonds. The monoisotopic (exact) mass is 146 g/mol. The zero-order valence-corrected chi connectivity index (χ0v) is 4.17. The van der Waals surface area contributed by atoms with Crippen molar-refractivity contribution in [3.8, 4) is 0 Å². The molecule has 5 heteroatoms. The highest BCUT2D eigenvalue weighted by atomic mass is 19.4. The van der Waals surface area contributed by atoms with Crippen LogP contribution in [0.25, 0.3) is 0 Å². The molecule has 0 saturated carbocycles. The van der Waals surface area contributed by atoms with Crippen molar-refractivity contribution < 1.29 is 22.0 Å². The first-order valence-corrected chi connectivity index (χ1v) is 1.95. The van der Waals surface area contributed by atoms with Crippen molar-refractivity contribution in [2.24, 2.45) is 0 Å². The molecule has 0 aliphatic carbocycles. The highest BCUT2D eigenvalue weighted by Crippen LogP contribution is 2.18. The summed E-state index contributed by atoms with van der Waals surface area (Å²) in [6.45, 7) is -1.71. The maximum Gasteiger partial charge on any atom is 0.412 e. The van der Waals surface area contributed by atoms with Gasteiger partial charge in [0.1, 0.15) is 12.5 Å². The molecule has 0 nitrogen and oxygen atoms in total. The minimum Gasteiger partial charge on any atom is -0.243 e. The van der Waals surface area contributed by atoms with Crippen molar-refractivity contribution in [1.29, 1.82) is 0 Å². The van der Waals surface area contributed by atoms with E-state index in [0.29, 0.717) is 0 Å². The van der Waals surface area contributed by atoms with Gasteiger partial charge in [0.25, 0.3) is 0 Å². The maximum absolute atomic E-state index is 11.4. The van der Waals surface area contributed by atoms with E-state index >= 15 is 0 Å². The van der Waals surface area contributed by atoms with Crippen molar-refractivity contribution in [2.75, 3.05) is 6.67 Å². The second-order valence-corrected chi connectivity index (χ2v) is 1.27. The summed E-state index contributed by atoms with van der Waals surface area (Å²) >= 11 is 0. The molecule has 0 unspecified atom stereocenters. The Labute approximate surface area is 48.0 Å². The van der Waals surface area contributed by atoms with E-state index in [9.17, 15) is 22.0 Å². The molecular weight excluding hydrogens is 143 g/mol. The Kier molecular flexibility index (Phi) is 2.61. The van der Waals surface area contributed by atoms with E-state index in [1.54, 1.807) is 0 Å². The van der Waals surface area contributed by atoms with Gasteiger partial charge in [-0.25, -0.2) is 8.78 Å². The van der Waals surface area contributed by atoms with E-state index in [-0.39, 0.29) is 0 Å². The van der Waals surface area contributed by atoms with Crippen molar-refractivity contribution in [1.82, 2.24) is 0 Å². The van der Waals surface area contributed by atoms with Gasteiger partial charge >= 0.3 is 6.18 Å². The molecule has 54 valence electrons. The van der Waals surface area contributed by atoms with Crippen LogP contribution in [0.15, 0.2) is 11.9 Å². The largest absolute Gasteiger partial charge is 0.412 e. The van der Waals surface area contributed by atoms with Gasteiger partial charge in [-0.3, -0.25) is 0 Å². The molecule has 0 radical (unpaired) electrons. The van der Waals surface area contributed by atoms with E-state index in [0.717, 1.165) is 0 Å². The third kappa shape index (κ3) is 5.26. The van der Waals surface area contributed by atoms with Crippen LogP contribution in [0.5, 0.6) is 0 Å². The van der Waals surface area contributed by atoms with Crippen molar-refractivity contribution in [3.63, 3.8) is 0 Å². The molecule has 0 bridgehead atoms. The Hall–Kier alpha value is -0.610. The van der Waals surface area contributed by atoms with Crippen LogP contribution < -0.4 is 0 Å². The normalized spacial score (nSPS) is 14.1. The molecule has 0 aromatic heterocycles. The molecule has 0 fully saturated rings. The lowest BCUT2D eigenvalue weighted by molar-refractivity contribution is -0.0816. The Morgan fingerprint density at radius 1 is 1.33 bits per heavy atom. The van der Waals surface area contributed by atoms with Crippen LogP contribution >= 0.6 is 0 Å². The molecule has 9 heavy (non-hydrogen) atoms. The number of halogens is 5. The molecule has 0 rings (SSSR count). The van der Waals surface area contributed by atoms with Crippen molar-refractivity contribution >= 4 is 0 Å². The summed E-state index contributed by atoms with van der Waals surface area (Å²) in [6.07, 6.45) is -5.47. The number of hydrogen-bond donors (Lipinski definition) is 0. The van der Waals surface area contributed by atoms with Gasteiger partial charge in [0, 0.05) is 0 Å². The predicted molar refractivity (Wildman–Crippen MR) is 21.2 cm³/mol. The van der Waals surface area contributed by atoms with Gasteiger partial charge in [-0.1, -0.05) is 0 Å². The number of allylic oxidation sites excluding steroid dienone is 2. The van der Waals surface area contributed by atoms with E-state index in [4.69, 9.17) is 0 Å². The zero-order chi connectivity index (χ0) is 7.49. The van der Waals surface area contributed by atoms with Crippen molar-refractivity contribution in [2.45, 2.75) is 6.18 Å². The van der Waals surface area contributed by atoms with Gasteiger partial charge in [-0.15, -0.1) is 0 Å². The van der Waals surface area contributed by atoms with Crippen LogP contribution in [0.2, 0.25) is 0 Å². The minimum absolute atomic E-state index is 0.715. The second kappa shape index (κ2) is 2.80. The Bertz CT molecular complexity index is 111. The van der Waals surface area contributed by atoms with E-state index in [1.807, 2.05) is 0 Å². The number of hydrogen-bond acceptors (Lipinski definition) is 0. The lowest BCUT2D eigenvalue weighted by Crippen LogP contribution is -2.02. The predicted octanol–water partition coefficient (Wildman–Crippen LogP) is 2.37. The first-order valence-electron chi connectivity index (χ1n) is 1.95. The number of rotatable bonds is 1. The minimum atomic E-state index is -4.75. The Morgan fingerprint density at radius 2 is 1.78 bits per heavy atom.